The molecular weight excluding hydrogens is 230 g/mol. The summed E-state index contributed by atoms with van der Waals surface area (Å²) in [5.41, 5.74) is 0. The Hall–Kier alpha value is -0.940. The van der Waals surface area contributed by atoms with Crippen molar-refractivity contribution in [1.29, 1.82) is 0 Å². The van der Waals surface area contributed by atoms with Crippen LogP contribution in [0.4, 0.5) is 0 Å². The highest BCUT2D eigenvalue weighted by molar-refractivity contribution is 4.84. The summed E-state index contributed by atoms with van der Waals surface area (Å²) in [7, 11) is 1.76. The Labute approximate surface area is 109 Å². The van der Waals surface area contributed by atoms with Crippen LogP contribution < -0.4 is 0 Å². The lowest BCUT2D eigenvalue weighted by atomic mass is 9.98. The molecule has 0 N–H and O–H groups in total. The first-order chi connectivity index (χ1) is 8.79. The van der Waals surface area contributed by atoms with E-state index in [2.05, 4.69) is 15.1 Å². The lowest BCUT2D eigenvalue weighted by Gasteiger charge is -2.34. The van der Waals surface area contributed by atoms with E-state index in [1.807, 2.05) is 6.92 Å². The number of methoxy groups -OCH3 is 1. The summed E-state index contributed by atoms with van der Waals surface area (Å²) in [5.74, 6) is 1.39. The normalized spacial score (nSPS) is 21.3. The predicted octanol–water partition coefficient (Wildman–Crippen LogP) is 2.16. The van der Waals surface area contributed by atoms with Crippen molar-refractivity contribution in [2.75, 3.05) is 20.3 Å². The van der Waals surface area contributed by atoms with Gasteiger partial charge in [0.15, 0.2) is 0 Å². The van der Waals surface area contributed by atoms with Gasteiger partial charge in [-0.05, 0) is 32.2 Å². The number of likely N-dealkylation sites (tertiary alicyclic amines) is 1. The number of hydrogen-bond donors (Lipinski definition) is 0. The van der Waals surface area contributed by atoms with Gasteiger partial charge in [0.1, 0.15) is 0 Å². The molecule has 18 heavy (non-hydrogen) atoms. The predicted molar refractivity (Wildman–Crippen MR) is 68.2 cm³/mol. The van der Waals surface area contributed by atoms with E-state index in [0.717, 1.165) is 32.0 Å². The van der Waals surface area contributed by atoms with Crippen molar-refractivity contribution in [1.82, 2.24) is 15.1 Å². The SMILES string of the molecule is COCCCC1CCCCN1Cc1nnc(C)o1. The van der Waals surface area contributed by atoms with E-state index in [-0.39, 0.29) is 0 Å². The first-order valence-corrected chi connectivity index (χ1v) is 6.81. The first-order valence-electron chi connectivity index (χ1n) is 6.81. The van der Waals surface area contributed by atoms with E-state index < -0.39 is 0 Å². The molecule has 2 heterocycles. The van der Waals surface area contributed by atoms with Gasteiger partial charge in [0.2, 0.25) is 11.8 Å². The molecule has 0 spiro atoms. The minimum atomic E-state index is 0.640. The maximum atomic E-state index is 5.47. The summed E-state index contributed by atoms with van der Waals surface area (Å²) in [5, 5.41) is 7.98. The van der Waals surface area contributed by atoms with E-state index >= 15 is 0 Å². The van der Waals surface area contributed by atoms with Crippen molar-refractivity contribution in [3.8, 4) is 0 Å². The van der Waals surface area contributed by atoms with E-state index in [9.17, 15) is 0 Å². The molecule has 5 nitrogen and oxygen atoms in total. The molecule has 2 rings (SSSR count). The van der Waals surface area contributed by atoms with Gasteiger partial charge in [-0.3, -0.25) is 4.90 Å². The van der Waals surface area contributed by atoms with Gasteiger partial charge in [0.25, 0.3) is 0 Å². The van der Waals surface area contributed by atoms with Crippen LogP contribution in [0.3, 0.4) is 0 Å². The highest BCUT2D eigenvalue weighted by Gasteiger charge is 2.23. The molecule has 1 unspecified atom stereocenters. The van der Waals surface area contributed by atoms with Crippen molar-refractivity contribution in [3.05, 3.63) is 11.8 Å². The van der Waals surface area contributed by atoms with Crippen molar-refractivity contribution < 1.29 is 9.15 Å². The Balaban J connectivity index is 1.86. The fraction of sp³-hybridized carbons (Fsp3) is 0.846. The Morgan fingerprint density at radius 2 is 2.28 bits per heavy atom. The zero-order valence-electron chi connectivity index (χ0n) is 11.4. The summed E-state index contributed by atoms with van der Waals surface area (Å²) in [6, 6.07) is 0.640. The molecule has 0 saturated carbocycles. The maximum absolute atomic E-state index is 5.47. The second-order valence-electron chi connectivity index (χ2n) is 4.97. The number of aromatic nitrogens is 2. The lowest BCUT2D eigenvalue weighted by molar-refractivity contribution is 0.107. The molecule has 1 aromatic heterocycles. The average molecular weight is 253 g/mol. The van der Waals surface area contributed by atoms with Crippen molar-refractivity contribution >= 4 is 0 Å². The molecule has 0 aliphatic carbocycles. The number of piperidine rings is 1. The van der Waals surface area contributed by atoms with Crippen LogP contribution in [0.25, 0.3) is 0 Å². The monoisotopic (exact) mass is 253 g/mol. The van der Waals surface area contributed by atoms with Crippen molar-refractivity contribution in [3.63, 3.8) is 0 Å². The summed E-state index contributed by atoms with van der Waals surface area (Å²) in [6.07, 6.45) is 6.20. The number of hydrogen-bond acceptors (Lipinski definition) is 5. The number of nitrogens with zero attached hydrogens (tertiary/aromatic N) is 3. The van der Waals surface area contributed by atoms with E-state index in [1.54, 1.807) is 7.11 Å². The lowest BCUT2D eigenvalue weighted by Crippen LogP contribution is -2.39. The Kier molecular flexibility index (Phi) is 5.13. The minimum Gasteiger partial charge on any atom is -0.424 e. The van der Waals surface area contributed by atoms with Crippen LogP contribution in [0.15, 0.2) is 4.42 Å². The van der Waals surface area contributed by atoms with Gasteiger partial charge in [-0.1, -0.05) is 6.42 Å². The van der Waals surface area contributed by atoms with Crippen LogP contribution in [-0.4, -0.2) is 41.4 Å². The van der Waals surface area contributed by atoms with E-state index in [0.29, 0.717) is 11.9 Å². The van der Waals surface area contributed by atoms with Crippen molar-refractivity contribution in [2.45, 2.75) is 51.6 Å². The quantitative estimate of drug-likeness (QED) is 0.727. The molecule has 0 amide bonds. The Morgan fingerprint density at radius 3 is 3.00 bits per heavy atom. The van der Waals surface area contributed by atoms with Crippen LogP contribution in [0.1, 0.15) is 43.9 Å². The summed E-state index contributed by atoms with van der Waals surface area (Å²) < 4.78 is 10.6. The maximum Gasteiger partial charge on any atom is 0.230 e. The van der Waals surface area contributed by atoms with Crippen LogP contribution in [0.2, 0.25) is 0 Å². The summed E-state index contributed by atoms with van der Waals surface area (Å²) in [4.78, 5) is 2.48. The largest absolute Gasteiger partial charge is 0.424 e. The van der Waals surface area contributed by atoms with Gasteiger partial charge >= 0.3 is 0 Å². The fourth-order valence-corrected chi connectivity index (χ4v) is 2.63. The summed E-state index contributed by atoms with van der Waals surface area (Å²) >= 11 is 0. The van der Waals surface area contributed by atoms with Gasteiger partial charge in [-0.2, -0.15) is 0 Å². The number of ether oxygens (including phenoxy) is 1. The highest BCUT2D eigenvalue weighted by atomic mass is 16.5. The third-order valence-electron chi connectivity index (χ3n) is 3.54. The highest BCUT2D eigenvalue weighted by Crippen LogP contribution is 2.22. The third-order valence-corrected chi connectivity index (χ3v) is 3.54. The zero-order chi connectivity index (χ0) is 12.8. The molecule has 5 heteroatoms. The molecule has 1 aromatic rings. The topological polar surface area (TPSA) is 51.4 Å². The number of aryl methyl sites for hydroxylation is 1. The fourth-order valence-electron chi connectivity index (χ4n) is 2.63. The minimum absolute atomic E-state index is 0.640. The molecule has 1 saturated heterocycles. The molecule has 1 aliphatic rings. The molecule has 0 aromatic carbocycles. The molecule has 0 radical (unpaired) electrons. The third kappa shape index (κ3) is 3.78. The van der Waals surface area contributed by atoms with Crippen molar-refractivity contribution in [2.24, 2.45) is 0 Å². The van der Waals surface area contributed by atoms with Crippen LogP contribution >= 0.6 is 0 Å². The molecule has 0 bridgehead atoms. The van der Waals surface area contributed by atoms with Gasteiger partial charge in [-0.15, -0.1) is 10.2 Å². The summed E-state index contributed by atoms with van der Waals surface area (Å²) in [6.45, 7) is 4.62. The Morgan fingerprint density at radius 1 is 1.39 bits per heavy atom. The van der Waals surface area contributed by atoms with Gasteiger partial charge in [0.05, 0.1) is 6.54 Å². The molecule has 1 atom stereocenters. The molecule has 102 valence electrons. The molecular formula is C13H23N3O2. The molecule has 1 aliphatic heterocycles. The molecule has 1 fully saturated rings. The van der Waals surface area contributed by atoms with Gasteiger partial charge < -0.3 is 9.15 Å². The smallest absolute Gasteiger partial charge is 0.230 e. The standard InChI is InChI=1S/C13H23N3O2/c1-11-14-15-13(18-11)10-16-8-4-3-6-12(16)7-5-9-17-2/h12H,3-10H2,1-2H3. The van der Waals surface area contributed by atoms with E-state index in [4.69, 9.17) is 9.15 Å². The van der Waals surface area contributed by atoms with Crippen LogP contribution in [0, 0.1) is 6.92 Å². The number of rotatable bonds is 6. The van der Waals surface area contributed by atoms with Gasteiger partial charge in [-0.25, -0.2) is 0 Å². The first kappa shape index (κ1) is 13.5. The Bertz CT molecular complexity index is 354. The average Bonchev–Trinajstić information content (AvgIpc) is 2.77. The van der Waals surface area contributed by atoms with Crippen LogP contribution in [0.5, 0.6) is 0 Å². The van der Waals surface area contributed by atoms with E-state index in [1.165, 1.54) is 25.7 Å². The van der Waals surface area contributed by atoms with Gasteiger partial charge in [0, 0.05) is 26.7 Å². The second-order valence-corrected chi connectivity index (χ2v) is 4.97. The zero-order valence-corrected chi connectivity index (χ0v) is 11.4. The second kappa shape index (κ2) is 6.85. The van der Waals surface area contributed by atoms with Crippen LogP contribution in [-0.2, 0) is 11.3 Å².